The molecule has 2 bridgehead atoms. The van der Waals surface area contributed by atoms with Gasteiger partial charge in [-0.05, 0) is 24.1 Å². The lowest BCUT2D eigenvalue weighted by molar-refractivity contribution is -0.116. The zero-order chi connectivity index (χ0) is 13.3. The molecule has 0 aromatic heterocycles. The van der Waals surface area contributed by atoms with Gasteiger partial charge >= 0.3 is 0 Å². The third-order valence-electron chi connectivity index (χ3n) is 5.31. The number of carbonyl (C=O) groups is 1. The molecule has 3 aliphatic heterocycles. The number of rotatable bonds is 0. The van der Waals surface area contributed by atoms with Gasteiger partial charge in [-0.2, -0.15) is 0 Å². The van der Waals surface area contributed by atoms with Gasteiger partial charge in [-0.1, -0.05) is 12.1 Å². The third kappa shape index (κ3) is 1.14. The van der Waals surface area contributed by atoms with E-state index in [1.165, 1.54) is 11.1 Å². The molecule has 1 aromatic rings. The average Bonchev–Trinajstić information content (AvgIpc) is 3.02. The van der Waals surface area contributed by atoms with Crippen LogP contribution in [0.3, 0.4) is 0 Å². The molecule has 3 atom stereocenters. The van der Waals surface area contributed by atoms with Crippen LogP contribution in [-0.2, 0) is 16.8 Å². The van der Waals surface area contributed by atoms with Gasteiger partial charge in [0, 0.05) is 36.5 Å². The van der Waals surface area contributed by atoms with Crippen molar-refractivity contribution in [1.29, 1.82) is 0 Å². The predicted molar refractivity (Wildman–Crippen MR) is 71.8 cm³/mol. The van der Waals surface area contributed by atoms with Gasteiger partial charge < -0.3 is 9.47 Å². The van der Waals surface area contributed by atoms with Crippen molar-refractivity contribution in [1.82, 2.24) is 4.90 Å². The van der Waals surface area contributed by atoms with E-state index in [0.29, 0.717) is 19.3 Å². The highest BCUT2D eigenvalue weighted by Crippen LogP contribution is 2.54. The van der Waals surface area contributed by atoms with Gasteiger partial charge in [0.25, 0.3) is 0 Å². The van der Waals surface area contributed by atoms with Crippen molar-refractivity contribution in [3.05, 3.63) is 35.4 Å². The molecular weight excluding hydrogens is 254 g/mol. The first-order valence-corrected chi connectivity index (χ1v) is 7.16. The van der Waals surface area contributed by atoms with Gasteiger partial charge in [0.15, 0.2) is 17.3 Å². The van der Waals surface area contributed by atoms with Gasteiger partial charge in [-0.25, -0.2) is 0 Å². The summed E-state index contributed by atoms with van der Waals surface area (Å²) < 4.78 is 11.2. The van der Waals surface area contributed by atoms with Crippen LogP contribution in [0, 0.1) is 0 Å². The second kappa shape index (κ2) is 3.44. The number of carbonyl (C=O) groups excluding carboxylic acids is 1. The largest absolute Gasteiger partial charge is 0.454 e. The Hall–Kier alpha value is -1.81. The van der Waals surface area contributed by atoms with E-state index < -0.39 is 0 Å². The fraction of sp³-hybridized carbons (Fsp3) is 0.438. The number of ketones is 1. The molecule has 5 rings (SSSR count). The van der Waals surface area contributed by atoms with Crippen LogP contribution >= 0.6 is 0 Å². The zero-order valence-corrected chi connectivity index (χ0v) is 11.1. The lowest BCUT2D eigenvalue weighted by atomic mass is 9.67. The molecule has 0 radical (unpaired) electrons. The summed E-state index contributed by atoms with van der Waals surface area (Å²) >= 11 is 0. The number of ether oxygens (including phenoxy) is 2. The van der Waals surface area contributed by atoms with E-state index in [-0.39, 0.29) is 11.2 Å². The van der Waals surface area contributed by atoms with E-state index >= 15 is 0 Å². The van der Waals surface area contributed by atoms with E-state index in [2.05, 4.69) is 17.0 Å². The maximum Gasteiger partial charge on any atom is 0.231 e. The lowest BCUT2D eigenvalue weighted by Crippen LogP contribution is -2.48. The highest BCUT2D eigenvalue weighted by Gasteiger charge is 2.53. The minimum atomic E-state index is 0.00245. The van der Waals surface area contributed by atoms with Crippen LogP contribution in [0.15, 0.2) is 24.3 Å². The molecule has 4 nitrogen and oxygen atoms in total. The van der Waals surface area contributed by atoms with Crippen molar-refractivity contribution in [2.45, 2.75) is 30.8 Å². The molecule has 1 aliphatic carbocycles. The Kier molecular flexibility index (Phi) is 1.88. The number of hydrogen-bond acceptors (Lipinski definition) is 4. The summed E-state index contributed by atoms with van der Waals surface area (Å²) in [4.78, 5) is 14.2. The fourth-order valence-electron chi connectivity index (χ4n) is 4.40. The highest BCUT2D eigenvalue weighted by molar-refractivity contribution is 5.92. The molecule has 0 spiro atoms. The smallest absolute Gasteiger partial charge is 0.231 e. The summed E-state index contributed by atoms with van der Waals surface area (Å²) in [5, 5.41) is 0. The van der Waals surface area contributed by atoms with E-state index in [9.17, 15) is 4.79 Å². The quantitative estimate of drug-likeness (QED) is 0.719. The van der Waals surface area contributed by atoms with Crippen LogP contribution in [0.1, 0.15) is 24.0 Å². The van der Waals surface area contributed by atoms with Gasteiger partial charge in [0.1, 0.15) is 0 Å². The number of hydrogen-bond donors (Lipinski definition) is 0. The first-order chi connectivity index (χ1) is 9.78. The molecule has 0 saturated carbocycles. The number of benzene rings is 1. The Morgan fingerprint density at radius 3 is 3.20 bits per heavy atom. The van der Waals surface area contributed by atoms with Crippen LogP contribution in [0.4, 0.5) is 0 Å². The number of nitrogens with zero attached hydrogens (tertiary/aromatic N) is 1. The molecule has 0 amide bonds. The molecule has 20 heavy (non-hydrogen) atoms. The molecule has 0 N–H and O–H groups in total. The second-order valence-electron chi connectivity index (χ2n) is 6.11. The number of allylic oxidation sites excluding steroid dienone is 1. The second-order valence-corrected chi connectivity index (χ2v) is 6.11. The standard InChI is InChI=1S/C16H15NO3/c18-10-3-4-16-5-6-17(14(16)7-10)8-11-12(16)1-2-13-15(11)20-9-19-13/h1-4,14H,5-9H2. The minimum Gasteiger partial charge on any atom is -0.454 e. The van der Waals surface area contributed by atoms with Gasteiger partial charge in [0.2, 0.25) is 6.79 Å². The molecule has 1 aromatic carbocycles. The molecule has 3 unspecified atom stereocenters. The van der Waals surface area contributed by atoms with Crippen molar-refractivity contribution in [2.75, 3.05) is 13.3 Å². The molecule has 4 heteroatoms. The molecule has 3 heterocycles. The third-order valence-corrected chi connectivity index (χ3v) is 5.31. The van der Waals surface area contributed by atoms with Gasteiger partial charge in [0.05, 0.1) is 0 Å². The average molecular weight is 269 g/mol. The van der Waals surface area contributed by atoms with E-state index in [4.69, 9.17) is 9.47 Å². The van der Waals surface area contributed by atoms with Gasteiger partial charge in [-0.3, -0.25) is 9.69 Å². The molecule has 1 saturated heterocycles. The fourth-order valence-corrected chi connectivity index (χ4v) is 4.40. The SMILES string of the molecule is O=C1C=CC23CCN(Cc4c2ccc2c4OCO2)C3C1. The molecule has 4 aliphatic rings. The predicted octanol–water partition coefficient (Wildman–Crippen LogP) is 1.77. The molecule has 102 valence electrons. The Morgan fingerprint density at radius 1 is 1.30 bits per heavy atom. The van der Waals surface area contributed by atoms with Crippen LogP contribution in [0.25, 0.3) is 0 Å². The maximum atomic E-state index is 11.8. The monoisotopic (exact) mass is 269 g/mol. The van der Waals surface area contributed by atoms with Crippen LogP contribution in [0.5, 0.6) is 11.5 Å². The highest BCUT2D eigenvalue weighted by atomic mass is 16.7. The Morgan fingerprint density at radius 2 is 2.25 bits per heavy atom. The Labute approximate surface area is 117 Å². The summed E-state index contributed by atoms with van der Waals surface area (Å²) in [6, 6.07) is 4.53. The van der Waals surface area contributed by atoms with Crippen molar-refractivity contribution in [3.8, 4) is 11.5 Å². The maximum absolute atomic E-state index is 11.8. The summed E-state index contributed by atoms with van der Waals surface area (Å²) in [6.45, 7) is 2.23. The Balaban J connectivity index is 1.77. The summed E-state index contributed by atoms with van der Waals surface area (Å²) in [5.74, 6) is 2.02. The van der Waals surface area contributed by atoms with Crippen molar-refractivity contribution < 1.29 is 14.3 Å². The number of fused-ring (bicyclic) bond motifs is 3. The lowest BCUT2D eigenvalue weighted by Gasteiger charge is -2.43. The Bertz CT molecular complexity index is 666. The van der Waals surface area contributed by atoms with Crippen molar-refractivity contribution >= 4 is 5.78 Å². The van der Waals surface area contributed by atoms with Crippen molar-refractivity contribution in [2.24, 2.45) is 0 Å². The van der Waals surface area contributed by atoms with Crippen LogP contribution in [-0.4, -0.2) is 30.1 Å². The normalized spacial score (nSPS) is 35.9. The summed E-state index contributed by atoms with van der Waals surface area (Å²) in [6.07, 6.45) is 5.65. The summed E-state index contributed by atoms with van der Waals surface area (Å²) in [7, 11) is 0. The van der Waals surface area contributed by atoms with E-state index in [1.54, 1.807) is 6.08 Å². The minimum absolute atomic E-state index is 0.00245. The van der Waals surface area contributed by atoms with Gasteiger partial charge in [-0.15, -0.1) is 0 Å². The summed E-state index contributed by atoms with van der Waals surface area (Å²) in [5.41, 5.74) is 2.60. The molecule has 1 fully saturated rings. The van der Waals surface area contributed by atoms with E-state index in [1.807, 2.05) is 6.07 Å². The topological polar surface area (TPSA) is 38.8 Å². The first-order valence-electron chi connectivity index (χ1n) is 7.16. The molecular formula is C16H15NO3. The van der Waals surface area contributed by atoms with Crippen molar-refractivity contribution in [3.63, 3.8) is 0 Å². The van der Waals surface area contributed by atoms with Crippen LogP contribution < -0.4 is 9.47 Å². The first kappa shape index (κ1) is 10.9. The van der Waals surface area contributed by atoms with Crippen LogP contribution in [0.2, 0.25) is 0 Å². The van der Waals surface area contributed by atoms with E-state index in [0.717, 1.165) is 31.0 Å². The zero-order valence-electron chi connectivity index (χ0n) is 11.1.